The van der Waals surface area contributed by atoms with E-state index in [4.69, 9.17) is 0 Å². The van der Waals surface area contributed by atoms with E-state index < -0.39 is 23.7 Å². The van der Waals surface area contributed by atoms with Crippen molar-refractivity contribution in [2.45, 2.75) is 37.6 Å². The number of rotatable bonds is 1. The molecule has 0 radical (unpaired) electrons. The Hall–Kier alpha value is -1.41. The van der Waals surface area contributed by atoms with Crippen molar-refractivity contribution in [2.75, 3.05) is 0 Å². The van der Waals surface area contributed by atoms with Crippen LogP contribution in [0.1, 0.15) is 36.0 Å². The molecule has 2 atom stereocenters. The lowest BCUT2D eigenvalue weighted by Gasteiger charge is -2.38. The fraction of sp³-hybridized carbons (Fsp3) is 0.467. The van der Waals surface area contributed by atoms with E-state index >= 15 is 0 Å². The van der Waals surface area contributed by atoms with Crippen molar-refractivity contribution in [1.29, 1.82) is 0 Å². The van der Waals surface area contributed by atoms with Crippen molar-refractivity contribution in [3.8, 4) is 0 Å². The first kappa shape index (κ1) is 16.4. The van der Waals surface area contributed by atoms with Crippen LogP contribution in [0.3, 0.4) is 0 Å². The second-order valence-corrected chi connectivity index (χ2v) is 6.56. The molecule has 1 fully saturated rings. The highest BCUT2D eigenvalue weighted by molar-refractivity contribution is 9.10. The summed E-state index contributed by atoms with van der Waals surface area (Å²) in [5, 5.41) is 14.5. The van der Waals surface area contributed by atoms with E-state index in [1.165, 1.54) is 6.07 Å². The van der Waals surface area contributed by atoms with Crippen molar-refractivity contribution >= 4 is 27.5 Å². The van der Waals surface area contributed by atoms with Gasteiger partial charge >= 0.3 is 6.18 Å². The zero-order valence-electron chi connectivity index (χ0n) is 12.0. The maximum atomic E-state index is 13.6. The summed E-state index contributed by atoms with van der Waals surface area (Å²) in [4.78, 5) is 12.6. The number of amides is 1. The molecule has 23 heavy (non-hydrogen) atoms. The molecule has 0 unspecified atom stereocenters. The summed E-state index contributed by atoms with van der Waals surface area (Å²) < 4.78 is 41.2. The van der Waals surface area contributed by atoms with E-state index in [0.717, 1.165) is 0 Å². The number of alkyl halides is 3. The number of fused-ring (bicyclic) bond motifs is 1. The van der Waals surface area contributed by atoms with E-state index in [0.29, 0.717) is 23.7 Å². The summed E-state index contributed by atoms with van der Waals surface area (Å²) >= 11 is 3.15. The van der Waals surface area contributed by atoms with Crippen molar-refractivity contribution < 1.29 is 23.1 Å². The minimum atomic E-state index is -4.99. The Balaban J connectivity index is 2.07. The van der Waals surface area contributed by atoms with Gasteiger partial charge in [0.2, 0.25) is 0 Å². The van der Waals surface area contributed by atoms with Gasteiger partial charge in [-0.05, 0) is 47.3 Å². The van der Waals surface area contributed by atoms with Crippen LogP contribution in [0.15, 0.2) is 33.8 Å². The molecule has 124 valence electrons. The largest absolute Gasteiger partial charge is 0.439 e. The van der Waals surface area contributed by atoms with Crippen LogP contribution in [0, 0.1) is 5.92 Å². The van der Waals surface area contributed by atoms with Gasteiger partial charge in [-0.2, -0.15) is 23.3 Å². The lowest BCUT2D eigenvalue weighted by atomic mass is 9.80. The van der Waals surface area contributed by atoms with E-state index in [1.807, 2.05) is 0 Å². The molecule has 1 N–H and O–H groups in total. The first-order valence-electron chi connectivity index (χ1n) is 7.22. The Labute approximate surface area is 139 Å². The molecule has 3 rings (SSSR count). The molecular weight excluding hydrogens is 377 g/mol. The van der Waals surface area contributed by atoms with Crippen molar-refractivity contribution in [3.05, 3.63) is 34.3 Å². The molecule has 1 aliphatic heterocycles. The topological polar surface area (TPSA) is 52.9 Å². The number of benzene rings is 1. The fourth-order valence-corrected chi connectivity index (χ4v) is 3.62. The monoisotopic (exact) mass is 390 g/mol. The highest BCUT2D eigenvalue weighted by Gasteiger charge is 2.68. The molecule has 1 aliphatic carbocycles. The maximum absolute atomic E-state index is 13.6. The Morgan fingerprint density at radius 1 is 1.35 bits per heavy atom. The standard InChI is InChI=1S/C15H14BrF3N2O2/c16-11-7-3-1-5-9(11)13(22)21-14(23,15(17,18)19)10-6-2-4-8-12(10)20-21/h1,3,5,7,10,23H,2,4,6,8H2/t10-,14+/m0/s1. The predicted octanol–water partition coefficient (Wildman–Crippen LogP) is 3.70. The van der Waals surface area contributed by atoms with Gasteiger partial charge in [-0.1, -0.05) is 18.6 Å². The third-order valence-corrected chi connectivity index (χ3v) is 5.02. The fourth-order valence-electron chi connectivity index (χ4n) is 3.17. The van der Waals surface area contributed by atoms with E-state index in [1.54, 1.807) is 18.2 Å². The van der Waals surface area contributed by atoms with E-state index in [2.05, 4.69) is 21.0 Å². The van der Waals surface area contributed by atoms with Crippen LogP contribution in [0.5, 0.6) is 0 Å². The molecule has 1 heterocycles. The number of aliphatic hydroxyl groups is 1. The minimum Gasteiger partial charge on any atom is -0.362 e. The zero-order chi connectivity index (χ0) is 16.8. The highest BCUT2D eigenvalue weighted by Crippen LogP contribution is 2.48. The molecule has 0 spiro atoms. The summed E-state index contributed by atoms with van der Waals surface area (Å²) in [7, 11) is 0. The predicted molar refractivity (Wildman–Crippen MR) is 80.7 cm³/mol. The quantitative estimate of drug-likeness (QED) is 0.794. The van der Waals surface area contributed by atoms with Crippen LogP contribution in [-0.4, -0.2) is 33.6 Å². The normalized spacial score (nSPS) is 27.6. The number of hydrogen-bond acceptors (Lipinski definition) is 3. The lowest BCUT2D eigenvalue weighted by molar-refractivity contribution is -0.312. The van der Waals surface area contributed by atoms with Crippen LogP contribution >= 0.6 is 15.9 Å². The number of halogens is 4. The molecular formula is C15H14BrF3N2O2. The van der Waals surface area contributed by atoms with Crippen LogP contribution in [0.25, 0.3) is 0 Å². The molecule has 8 heteroatoms. The van der Waals surface area contributed by atoms with Gasteiger partial charge in [-0.3, -0.25) is 4.79 Å². The summed E-state index contributed by atoms with van der Waals surface area (Å²) in [6.07, 6.45) is -3.19. The maximum Gasteiger partial charge on any atom is 0.439 e. The third-order valence-electron chi connectivity index (χ3n) is 4.33. The summed E-state index contributed by atoms with van der Waals surface area (Å²) in [6.45, 7) is 0. The Morgan fingerprint density at radius 2 is 2.04 bits per heavy atom. The molecule has 0 saturated heterocycles. The van der Waals surface area contributed by atoms with Gasteiger partial charge in [-0.15, -0.1) is 0 Å². The number of nitrogens with zero attached hydrogens (tertiary/aromatic N) is 2. The first-order chi connectivity index (χ1) is 10.8. The molecule has 1 saturated carbocycles. The van der Waals surface area contributed by atoms with Gasteiger partial charge < -0.3 is 5.11 Å². The lowest BCUT2D eigenvalue weighted by Crippen LogP contribution is -2.61. The zero-order valence-corrected chi connectivity index (χ0v) is 13.6. The van der Waals surface area contributed by atoms with Gasteiger partial charge in [-0.25, -0.2) is 0 Å². The third kappa shape index (κ3) is 2.48. The summed E-state index contributed by atoms with van der Waals surface area (Å²) in [6, 6.07) is 6.13. The van der Waals surface area contributed by atoms with Crippen LogP contribution in [0.4, 0.5) is 13.2 Å². The highest BCUT2D eigenvalue weighted by atomic mass is 79.9. The second-order valence-electron chi connectivity index (χ2n) is 5.71. The number of carbonyl (C=O) groups excluding carboxylic acids is 1. The van der Waals surface area contributed by atoms with Crippen LogP contribution < -0.4 is 0 Å². The number of hydrazone groups is 1. The average molecular weight is 391 g/mol. The van der Waals surface area contributed by atoms with Gasteiger partial charge in [0, 0.05) is 10.2 Å². The van der Waals surface area contributed by atoms with Crippen LogP contribution in [-0.2, 0) is 0 Å². The Bertz CT molecular complexity index is 677. The van der Waals surface area contributed by atoms with Gasteiger partial charge in [0.05, 0.1) is 11.5 Å². The van der Waals surface area contributed by atoms with Crippen molar-refractivity contribution in [2.24, 2.45) is 11.0 Å². The molecule has 1 amide bonds. The van der Waals surface area contributed by atoms with Gasteiger partial charge in [0.1, 0.15) is 0 Å². The molecule has 1 aromatic rings. The smallest absolute Gasteiger partial charge is 0.362 e. The summed E-state index contributed by atoms with van der Waals surface area (Å²) in [5.74, 6) is -2.16. The van der Waals surface area contributed by atoms with E-state index in [9.17, 15) is 23.1 Å². The Kier molecular flexibility index (Phi) is 4.00. The number of carbonyl (C=O) groups is 1. The van der Waals surface area contributed by atoms with E-state index in [-0.39, 0.29) is 22.7 Å². The SMILES string of the molecule is O=C(c1ccccc1Br)N1N=C2CCCC[C@@H]2[C@@]1(O)C(F)(F)F. The molecule has 0 bridgehead atoms. The van der Waals surface area contributed by atoms with Gasteiger partial charge in [0.25, 0.3) is 11.6 Å². The van der Waals surface area contributed by atoms with Crippen LogP contribution in [0.2, 0.25) is 0 Å². The summed E-state index contributed by atoms with van der Waals surface area (Å²) in [5.41, 5.74) is -3.01. The molecule has 0 aromatic heterocycles. The minimum absolute atomic E-state index is 0.0261. The number of hydrogen-bond donors (Lipinski definition) is 1. The van der Waals surface area contributed by atoms with Gasteiger partial charge in [0.15, 0.2) is 0 Å². The molecule has 1 aromatic carbocycles. The Morgan fingerprint density at radius 3 is 2.70 bits per heavy atom. The average Bonchev–Trinajstić information content (AvgIpc) is 2.82. The molecule has 2 aliphatic rings. The second kappa shape index (κ2) is 5.59. The first-order valence-corrected chi connectivity index (χ1v) is 8.01. The van der Waals surface area contributed by atoms with Crippen molar-refractivity contribution in [1.82, 2.24) is 5.01 Å². The molecule has 4 nitrogen and oxygen atoms in total. The van der Waals surface area contributed by atoms with Crippen molar-refractivity contribution in [3.63, 3.8) is 0 Å².